The van der Waals surface area contributed by atoms with E-state index in [4.69, 9.17) is 4.74 Å². The first-order chi connectivity index (χ1) is 4.76. The van der Waals surface area contributed by atoms with Crippen LogP contribution in [0.3, 0.4) is 0 Å². The van der Waals surface area contributed by atoms with E-state index < -0.39 is 0 Å². The molecule has 0 fully saturated rings. The molecule has 10 heavy (non-hydrogen) atoms. The Morgan fingerprint density at radius 2 is 2.30 bits per heavy atom. The lowest BCUT2D eigenvalue weighted by Crippen LogP contribution is -2.24. The van der Waals surface area contributed by atoms with Gasteiger partial charge in [0.25, 0.3) is 0 Å². The highest BCUT2D eigenvalue weighted by Gasteiger charge is 2.15. The zero-order valence-electron chi connectivity index (χ0n) is 6.34. The molecule has 0 radical (unpaired) electrons. The van der Waals surface area contributed by atoms with Crippen molar-refractivity contribution in [3.05, 3.63) is 0 Å². The van der Waals surface area contributed by atoms with Crippen molar-refractivity contribution in [1.82, 2.24) is 0 Å². The lowest BCUT2D eigenvalue weighted by Gasteiger charge is -2.13. The van der Waals surface area contributed by atoms with Gasteiger partial charge < -0.3 is 9.53 Å². The van der Waals surface area contributed by atoms with Gasteiger partial charge in [-0.15, -0.1) is 0 Å². The largest absolute Gasteiger partial charge is 0.373 e. The third-order valence-electron chi connectivity index (χ3n) is 1.33. The van der Waals surface area contributed by atoms with Gasteiger partial charge in [0, 0.05) is 11.9 Å². The molecule has 0 saturated heterocycles. The molecule has 0 aromatic heterocycles. The number of carbonyl (C=O) groups excluding carboxylic acids is 1. The maximum absolute atomic E-state index is 10.3. The van der Waals surface area contributed by atoms with Crippen LogP contribution < -0.4 is 0 Å². The molecule has 0 saturated carbocycles. The standard InChI is InChI=1S/C7H13BrO2/c1-3-4-6(8)7(5-9)10-2/h5-7H,3-4H2,1-2H3. The number of carbonyl (C=O) groups is 1. The lowest BCUT2D eigenvalue weighted by atomic mass is 10.2. The molecule has 0 aromatic rings. The van der Waals surface area contributed by atoms with Crippen LogP contribution in [0.4, 0.5) is 0 Å². The van der Waals surface area contributed by atoms with Crippen molar-refractivity contribution >= 4 is 22.2 Å². The van der Waals surface area contributed by atoms with Gasteiger partial charge in [0.1, 0.15) is 12.4 Å². The van der Waals surface area contributed by atoms with Crippen LogP contribution >= 0.6 is 15.9 Å². The Bertz CT molecular complexity index is 95.6. The maximum atomic E-state index is 10.3. The van der Waals surface area contributed by atoms with Crippen LogP contribution in [0.2, 0.25) is 0 Å². The van der Waals surface area contributed by atoms with Crippen LogP contribution in [0.1, 0.15) is 19.8 Å². The number of rotatable bonds is 5. The molecule has 0 aliphatic heterocycles. The summed E-state index contributed by atoms with van der Waals surface area (Å²) in [5.41, 5.74) is 0. The molecule has 2 unspecified atom stereocenters. The number of aldehydes is 1. The zero-order valence-corrected chi connectivity index (χ0v) is 7.93. The average Bonchev–Trinajstić information content (AvgIpc) is 1.91. The molecule has 0 aliphatic carbocycles. The van der Waals surface area contributed by atoms with Gasteiger partial charge in [-0.2, -0.15) is 0 Å². The van der Waals surface area contributed by atoms with Gasteiger partial charge >= 0.3 is 0 Å². The normalized spacial score (nSPS) is 16.3. The van der Waals surface area contributed by atoms with E-state index in [1.807, 2.05) is 0 Å². The van der Waals surface area contributed by atoms with E-state index in [1.54, 1.807) is 7.11 Å². The Morgan fingerprint density at radius 1 is 1.70 bits per heavy atom. The number of ether oxygens (including phenoxy) is 1. The summed E-state index contributed by atoms with van der Waals surface area (Å²) in [5, 5.41) is 0. The molecule has 0 rings (SSSR count). The van der Waals surface area contributed by atoms with E-state index in [2.05, 4.69) is 22.9 Å². The summed E-state index contributed by atoms with van der Waals surface area (Å²) in [6, 6.07) is 0. The number of alkyl halides is 1. The molecule has 0 N–H and O–H groups in total. The monoisotopic (exact) mass is 208 g/mol. The molecule has 0 spiro atoms. The highest BCUT2D eigenvalue weighted by molar-refractivity contribution is 9.09. The summed E-state index contributed by atoms with van der Waals surface area (Å²) in [4.78, 5) is 10.5. The second-order valence-corrected chi connectivity index (χ2v) is 3.32. The van der Waals surface area contributed by atoms with E-state index in [0.717, 1.165) is 19.1 Å². The van der Waals surface area contributed by atoms with Crippen LogP contribution in [0, 0.1) is 0 Å². The second kappa shape index (κ2) is 5.86. The van der Waals surface area contributed by atoms with E-state index in [0.29, 0.717) is 0 Å². The van der Waals surface area contributed by atoms with Gasteiger partial charge in [-0.1, -0.05) is 29.3 Å². The Morgan fingerprint density at radius 3 is 2.60 bits per heavy atom. The van der Waals surface area contributed by atoms with Crippen LogP contribution in [-0.2, 0) is 9.53 Å². The molecule has 2 nitrogen and oxygen atoms in total. The molecule has 0 bridgehead atoms. The quantitative estimate of drug-likeness (QED) is 0.509. The fourth-order valence-electron chi connectivity index (χ4n) is 0.729. The van der Waals surface area contributed by atoms with Gasteiger partial charge in [-0.25, -0.2) is 0 Å². The van der Waals surface area contributed by atoms with E-state index in [-0.39, 0.29) is 10.9 Å². The number of hydrogen-bond acceptors (Lipinski definition) is 2. The summed E-state index contributed by atoms with van der Waals surface area (Å²) in [5.74, 6) is 0. The highest BCUT2D eigenvalue weighted by atomic mass is 79.9. The Balaban J connectivity index is 3.63. The fraction of sp³-hybridized carbons (Fsp3) is 0.857. The smallest absolute Gasteiger partial charge is 0.149 e. The van der Waals surface area contributed by atoms with Gasteiger partial charge in [0.2, 0.25) is 0 Å². The number of hydrogen-bond donors (Lipinski definition) is 0. The maximum Gasteiger partial charge on any atom is 0.149 e. The van der Waals surface area contributed by atoms with E-state index >= 15 is 0 Å². The zero-order chi connectivity index (χ0) is 7.98. The predicted molar refractivity (Wildman–Crippen MR) is 44.5 cm³/mol. The first-order valence-corrected chi connectivity index (χ1v) is 4.30. The van der Waals surface area contributed by atoms with Crippen LogP contribution in [-0.4, -0.2) is 24.3 Å². The SMILES string of the molecule is CCCC(Br)C(C=O)OC. The summed E-state index contributed by atoms with van der Waals surface area (Å²) >= 11 is 3.37. The summed E-state index contributed by atoms with van der Waals surface area (Å²) in [6.45, 7) is 2.08. The van der Waals surface area contributed by atoms with Gasteiger partial charge in [0.05, 0.1) is 0 Å². The minimum Gasteiger partial charge on any atom is -0.373 e. The van der Waals surface area contributed by atoms with Crippen LogP contribution in [0.25, 0.3) is 0 Å². The van der Waals surface area contributed by atoms with Gasteiger partial charge in [0.15, 0.2) is 0 Å². The third-order valence-corrected chi connectivity index (χ3v) is 2.31. The lowest BCUT2D eigenvalue weighted by molar-refractivity contribution is -0.116. The summed E-state index contributed by atoms with van der Waals surface area (Å²) in [7, 11) is 1.54. The molecule has 0 amide bonds. The topological polar surface area (TPSA) is 26.3 Å². The number of methoxy groups -OCH3 is 1. The van der Waals surface area contributed by atoms with Crippen molar-refractivity contribution in [3.63, 3.8) is 0 Å². The predicted octanol–water partition coefficient (Wildman–Crippen LogP) is 1.76. The Kier molecular flexibility index (Phi) is 5.93. The highest BCUT2D eigenvalue weighted by Crippen LogP contribution is 2.13. The molecule has 0 aromatic carbocycles. The molecule has 60 valence electrons. The molecular weight excluding hydrogens is 196 g/mol. The Hall–Kier alpha value is 0.110. The van der Waals surface area contributed by atoms with Crippen molar-refractivity contribution in [3.8, 4) is 0 Å². The minimum atomic E-state index is -0.292. The summed E-state index contributed by atoms with van der Waals surface area (Å²) in [6.07, 6.45) is 2.57. The minimum absolute atomic E-state index is 0.167. The van der Waals surface area contributed by atoms with Crippen molar-refractivity contribution in [2.45, 2.75) is 30.7 Å². The van der Waals surface area contributed by atoms with E-state index in [9.17, 15) is 4.79 Å². The van der Waals surface area contributed by atoms with Crippen molar-refractivity contribution in [2.75, 3.05) is 7.11 Å². The first kappa shape index (κ1) is 10.1. The second-order valence-electron chi connectivity index (χ2n) is 2.14. The number of halogens is 1. The van der Waals surface area contributed by atoms with E-state index in [1.165, 1.54) is 0 Å². The molecular formula is C7H13BrO2. The average molecular weight is 209 g/mol. The molecule has 0 aliphatic rings. The molecule has 3 heteroatoms. The van der Waals surface area contributed by atoms with Crippen molar-refractivity contribution < 1.29 is 9.53 Å². The van der Waals surface area contributed by atoms with Crippen molar-refractivity contribution in [1.29, 1.82) is 0 Å². The fourth-order valence-corrected chi connectivity index (χ4v) is 1.53. The van der Waals surface area contributed by atoms with Crippen LogP contribution in [0.15, 0.2) is 0 Å². The summed E-state index contributed by atoms with van der Waals surface area (Å²) < 4.78 is 4.90. The van der Waals surface area contributed by atoms with Gasteiger partial charge in [-0.3, -0.25) is 0 Å². The first-order valence-electron chi connectivity index (χ1n) is 3.38. The van der Waals surface area contributed by atoms with Crippen LogP contribution in [0.5, 0.6) is 0 Å². The molecule has 0 heterocycles. The third kappa shape index (κ3) is 3.32. The van der Waals surface area contributed by atoms with Crippen molar-refractivity contribution in [2.24, 2.45) is 0 Å². The van der Waals surface area contributed by atoms with Gasteiger partial charge in [-0.05, 0) is 6.42 Å². The Labute approximate surface area is 70.1 Å². The molecule has 2 atom stereocenters.